The molecule has 108 valence electrons. The molecule has 0 aromatic carbocycles. The highest BCUT2D eigenvalue weighted by Crippen LogP contribution is 2.22. The maximum atomic E-state index is 11.7. The van der Waals surface area contributed by atoms with Crippen LogP contribution in [0.2, 0.25) is 0 Å². The standard InChI is InChI=1S/C14H25N3O2/c1-5-10(6-2)12-7-11(19-17-12)8-16-14(18)13(15)9(3)4/h7,9-10,13H,5-6,8,15H2,1-4H3,(H,16,18)/t13-/m0/s1. The van der Waals surface area contributed by atoms with Gasteiger partial charge in [0.1, 0.15) is 0 Å². The molecule has 5 nitrogen and oxygen atoms in total. The Balaban J connectivity index is 2.53. The van der Waals surface area contributed by atoms with E-state index in [9.17, 15) is 4.79 Å². The van der Waals surface area contributed by atoms with E-state index in [1.54, 1.807) is 0 Å². The van der Waals surface area contributed by atoms with Crippen molar-refractivity contribution in [1.29, 1.82) is 0 Å². The molecule has 0 bridgehead atoms. The average molecular weight is 267 g/mol. The van der Waals surface area contributed by atoms with Crippen LogP contribution in [0, 0.1) is 5.92 Å². The van der Waals surface area contributed by atoms with Crippen LogP contribution in [0.15, 0.2) is 10.6 Å². The molecule has 0 aliphatic heterocycles. The third-order valence-corrected chi connectivity index (χ3v) is 3.44. The van der Waals surface area contributed by atoms with Crippen molar-refractivity contribution in [2.24, 2.45) is 11.7 Å². The van der Waals surface area contributed by atoms with E-state index in [0.717, 1.165) is 18.5 Å². The molecule has 0 fully saturated rings. The fourth-order valence-corrected chi connectivity index (χ4v) is 1.91. The maximum Gasteiger partial charge on any atom is 0.237 e. The van der Waals surface area contributed by atoms with E-state index >= 15 is 0 Å². The first-order valence-electron chi connectivity index (χ1n) is 6.98. The van der Waals surface area contributed by atoms with Gasteiger partial charge in [0.05, 0.1) is 18.3 Å². The fraction of sp³-hybridized carbons (Fsp3) is 0.714. The summed E-state index contributed by atoms with van der Waals surface area (Å²) in [6.07, 6.45) is 2.07. The lowest BCUT2D eigenvalue weighted by Gasteiger charge is -2.14. The minimum absolute atomic E-state index is 0.120. The molecular formula is C14H25N3O2. The second-order valence-electron chi connectivity index (χ2n) is 5.22. The Morgan fingerprint density at radius 1 is 1.42 bits per heavy atom. The topological polar surface area (TPSA) is 81.2 Å². The monoisotopic (exact) mass is 267 g/mol. The van der Waals surface area contributed by atoms with Gasteiger partial charge in [-0.3, -0.25) is 4.79 Å². The van der Waals surface area contributed by atoms with Crippen LogP contribution in [0.3, 0.4) is 0 Å². The number of nitrogens with zero attached hydrogens (tertiary/aromatic N) is 1. The first-order chi connectivity index (χ1) is 8.99. The highest BCUT2D eigenvalue weighted by molar-refractivity contribution is 5.81. The molecule has 1 aromatic heterocycles. The number of nitrogens with one attached hydrogen (secondary N) is 1. The molecule has 0 saturated heterocycles. The Morgan fingerprint density at radius 2 is 2.05 bits per heavy atom. The Bertz CT molecular complexity index is 397. The van der Waals surface area contributed by atoms with Crippen LogP contribution in [0.5, 0.6) is 0 Å². The lowest BCUT2D eigenvalue weighted by Crippen LogP contribution is -2.43. The molecular weight excluding hydrogens is 242 g/mol. The zero-order valence-electron chi connectivity index (χ0n) is 12.3. The van der Waals surface area contributed by atoms with Gasteiger partial charge in [-0.1, -0.05) is 32.9 Å². The van der Waals surface area contributed by atoms with Crippen molar-refractivity contribution in [3.8, 4) is 0 Å². The van der Waals surface area contributed by atoms with Crippen molar-refractivity contribution in [2.75, 3.05) is 0 Å². The Morgan fingerprint density at radius 3 is 2.58 bits per heavy atom. The van der Waals surface area contributed by atoms with Crippen LogP contribution in [0.25, 0.3) is 0 Å². The number of carbonyl (C=O) groups excluding carboxylic acids is 1. The smallest absolute Gasteiger partial charge is 0.237 e. The maximum absolute atomic E-state index is 11.7. The Kier molecular flexibility index (Phi) is 6.02. The third-order valence-electron chi connectivity index (χ3n) is 3.44. The number of rotatable bonds is 7. The highest BCUT2D eigenvalue weighted by atomic mass is 16.5. The number of aromatic nitrogens is 1. The molecule has 0 aliphatic carbocycles. The van der Waals surface area contributed by atoms with Gasteiger partial charge in [0.15, 0.2) is 5.76 Å². The lowest BCUT2D eigenvalue weighted by atomic mass is 9.99. The Labute approximate surface area is 114 Å². The van der Waals surface area contributed by atoms with Gasteiger partial charge in [-0.05, 0) is 18.8 Å². The fourth-order valence-electron chi connectivity index (χ4n) is 1.91. The van der Waals surface area contributed by atoms with E-state index in [1.165, 1.54) is 0 Å². The van der Waals surface area contributed by atoms with Crippen molar-refractivity contribution in [3.63, 3.8) is 0 Å². The van der Waals surface area contributed by atoms with Crippen molar-refractivity contribution in [2.45, 2.75) is 59.0 Å². The van der Waals surface area contributed by atoms with Gasteiger partial charge in [-0.2, -0.15) is 0 Å². The molecule has 1 atom stereocenters. The van der Waals surface area contributed by atoms with E-state index < -0.39 is 6.04 Å². The number of amides is 1. The molecule has 19 heavy (non-hydrogen) atoms. The zero-order chi connectivity index (χ0) is 14.4. The van der Waals surface area contributed by atoms with E-state index in [-0.39, 0.29) is 11.8 Å². The first-order valence-corrected chi connectivity index (χ1v) is 6.98. The molecule has 1 amide bonds. The van der Waals surface area contributed by atoms with Crippen LogP contribution in [-0.2, 0) is 11.3 Å². The summed E-state index contributed by atoms with van der Waals surface area (Å²) in [4.78, 5) is 11.7. The van der Waals surface area contributed by atoms with Crippen LogP contribution in [-0.4, -0.2) is 17.1 Å². The lowest BCUT2D eigenvalue weighted by molar-refractivity contribution is -0.123. The molecule has 1 aromatic rings. The molecule has 0 aliphatic rings. The summed E-state index contributed by atoms with van der Waals surface area (Å²) < 4.78 is 5.23. The van der Waals surface area contributed by atoms with Gasteiger partial charge < -0.3 is 15.6 Å². The number of hydrogen-bond acceptors (Lipinski definition) is 4. The van der Waals surface area contributed by atoms with E-state index in [2.05, 4.69) is 24.3 Å². The second-order valence-corrected chi connectivity index (χ2v) is 5.22. The molecule has 0 unspecified atom stereocenters. The first kappa shape index (κ1) is 15.7. The van der Waals surface area contributed by atoms with Gasteiger partial charge in [-0.15, -0.1) is 0 Å². The van der Waals surface area contributed by atoms with Gasteiger partial charge >= 0.3 is 0 Å². The summed E-state index contributed by atoms with van der Waals surface area (Å²) in [6, 6.07) is 1.43. The minimum atomic E-state index is -0.485. The summed E-state index contributed by atoms with van der Waals surface area (Å²) in [5, 5.41) is 6.83. The van der Waals surface area contributed by atoms with Crippen LogP contribution >= 0.6 is 0 Å². The van der Waals surface area contributed by atoms with Crippen LogP contribution in [0.4, 0.5) is 0 Å². The van der Waals surface area contributed by atoms with E-state index in [1.807, 2.05) is 19.9 Å². The quantitative estimate of drug-likeness (QED) is 0.793. The molecule has 1 heterocycles. The number of carbonyl (C=O) groups is 1. The Hall–Kier alpha value is -1.36. The molecule has 1 rings (SSSR count). The zero-order valence-corrected chi connectivity index (χ0v) is 12.3. The van der Waals surface area contributed by atoms with Crippen LogP contribution < -0.4 is 11.1 Å². The van der Waals surface area contributed by atoms with Gasteiger partial charge in [0.2, 0.25) is 5.91 Å². The highest BCUT2D eigenvalue weighted by Gasteiger charge is 2.18. The summed E-state index contributed by atoms with van der Waals surface area (Å²) in [7, 11) is 0. The normalized spacial score (nSPS) is 13.0. The van der Waals surface area contributed by atoms with Gasteiger partial charge in [0, 0.05) is 12.0 Å². The summed E-state index contributed by atoms with van der Waals surface area (Å²) in [5.74, 6) is 1.06. The molecule has 0 spiro atoms. The van der Waals surface area contributed by atoms with Gasteiger partial charge in [-0.25, -0.2) is 0 Å². The van der Waals surface area contributed by atoms with Crippen LogP contribution in [0.1, 0.15) is 57.9 Å². The minimum Gasteiger partial charge on any atom is -0.359 e. The van der Waals surface area contributed by atoms with Crippen molar-refractivity contribution < 1.29 is 9.32 Å². The average Bonchev–Trinajstić information content (AvgIpc) is 2.85. The van der Waals surface area contributed by atoms with E-state index in [0.29, 0.717) is 18.2 Å². The SMILES string of the molecule is CCC(CC)c1cc(CNC(=O)[C@@H](N)C(C)C)on1. The summed E-state index contributed by atoms with van der Waals surface area (Å²) >= 11 is 0. The molecule has 5 heteroatoms. The molecule has 0 saturated carbocycles. The van der Waals surface area contributed by atoms with Crippen molar-refractivity contribution >= 4 is 5.91 Å². The summed E-state index contributed by atoms with van der Waals surface area (Å²) in [6.45, 7) is 8.44. The predicted molar refractivity (Wildman–Crippen MR) is 74.5 cm³/mol. The molecule has 0 radical (unpaired) electrons. The predicted octanol–water partition coefficient (Wildman–Crippen LogP) is 2.18. The largest absolute Gasteiger partial charge is 0.359 e. The van der Waals surface area contributed by atoms with Gasteiger partial charge in [0.25, 0.3) is 0 Å². The number of hydrogen-bond donors (Lipinski definition) is 2. The summed E-state index contributed by atoms with van der Waals surface area (Å²) in [5.41, 5.74) is 6.72. The number of nitrogens with two attached hydrogens (primary N) is 1. The van der Waals surface area contributed by atoms with Crippen molar-refractivity contribution in [1.82, 2.24) is 10.5 Å². The molecule has 3 N–H and O–H groups in total. The van der Waals surface area contributed by atoms with E-state index in [4.69, 9.17) is 10.3 Å². The van der Waals surface area contributed by atoms with Crippen molar-refractivity contribution in [3.05, 3.63) is 17.5 Å². The third kappa shape index (κ3) is 4.35. The second kappa shape index (κ2) is 7.28.